The lowest BCUT2D eigenvalue weighted by molar-refractivity contribution is 0.912. The molecule has 1 aromatic heterocycles. The van der Waals surface area contributed by atoms with Gasteiger partial charge in [-0.15, -0.1) is 0 Å². The van der Waals surface area contributed by atoms with Gasteiger partial charge in [-0.3, -0.25) is 0 Å². The van der Waals surface area contributed by atoms with E-state index < -0.39 is 0 Å². The number of fused-ring (bicyclic) bond motifs is 1. The number of hydrogen-bond acceptors (Lipinski definition) is 4. The van der Waals surface area contributed by atoms with Gasteiger partial charge in [-0.2, -0.15) is 10.2 Å². The summed E-state index contributed by atoms with van der Waals surface area (Å²) in [6.07, 6.45) is 4.81. The summed E-state index contributed by atoms with van der Waals surface area (Å²) in [4.78, 5) is 8.19. The smallest absolute Gasteiger partial charge is 0.228 e. The monoisotopic (exact) mass is 270 g/mol. The minimum Gasteiger partial charge on any atom is -0.324 e. The molecule has 1 aliphatic rings. The summed E-state index contributed by atoms with van der Waals surface area (Å²) >= 11 is 5.90. The van der Waals surface area contributed by atoms with E-state index in [0.29, 0.717) is 5.95 Å². The molecule has 0 radical (unpaired) electrons. The van der Waals surface area contributed by atoms with E-state index in [4.69, 9.17) is 16.9 Å². The molecule has 19 heavy (non-hydrogen) atoms. The van der Waals surface area contributed by atoms with Crippen LogP contribution in [-0.2, 0) is 12.8 Å². The van der Waals surface area contributed by atoms with Crippen LogP contribution in [-0.4, -0.2) is 9.97 Å². The quantitative estimate of drug-likeness (QED) is 0.851. The highest BCUT2D eigenvalue weighted by Gasteiger charge is 2.15. The summed E-state index contributed by atoms with van der Waals surface area (Å²) in [5.41, 5.74) is 4.01. The van der Waals surface area contributed by atoms with Crippen molar-refractivity contribution in [2.75, 3.05) is 5.32 Å². The van der Waals surface area contributed by atoms with Gasteiger partial charge in [0.1, 0.15) is 11.6 Å². The van der Waals surface area contributed by atoms with Crippen molar-refractivity contribution in [1.29, 1.82) is 5.26 Å². The third-order valence-corrected chi connectivity index (χ3v) is 3.54. The normalized spacial score (nSPS) is 12.8. The molecular formula is C14H11ClN4. The van der Waals surface area contributed by atoms with Gasteiger partial charge in [-0.25, -0.2) is 4.98 Å². The first-order valence-corrected chi connectivity index (χ1v) is 6.46. The van der Waals surface area contributed by atoms with Crippen LogP contribution in [0.5, 0.6) is 0 Å². The van der Waals surface area contributed by atoms with Gasteiger partial charge in [0.05, 0.1) is 6.20 Å². The Kier molecular flexibility index (Phi) is 3.06. The van der Waals surface area contributed by atoms with Crippen LogP contribution < -0.4 is 5.32 Å². The van der Waals surface area contributed by atoms with Crippen LogP contribution >= 0.6 is 11.6 Å². The zero-order valence-corrected chi connectivity index (χ0v) is 10.9. The van der Waals surface area contributed by atoms with E-state index in [1.54, 1.807) is 0 Å². The lowest BCUT2D eigenvalue weighted by atomic mass is 10.1. The number of nitrogens with one attached hydrogen (secondary N) is 1. The van der Waals surface area contributed by atoms with Crippen molar-refractivity contribution in [3.63, 3.8) is 0 Å². The Morgan fingerprint density at radius 2 is 2.21 bits per heavy atom. The second-order valence-electron chi connectivity index (χ2n) is 4.43. The fraction of sp³-hybridized carbons (Fsp3) is 0.214. The number of benzene rings is 1. The highest BCUT2D eigenvalue weighted by atomic mass is 35.5. The minimum absolute atomic E-state index is 0.174. The van der Waals surface area contributed by atoms with Crippen LogP contribution in [0, 0.1) is 11.3 Å². The maximum absolute atomic E-state index is 8.79. The predicted octanol–water partition coefficient (Wildman–Crippen LogP) is 3.23. The van der Waals surface area contributed by atoms with E-state index in [1.807, 2.05) is 18.2 Å². The Labute approximate surface area is 116 Å². The summed E-state index contributed by atoms with van der Waals surface area (Å²) in [7, 11) is 0. The third-order valence-electron chi connectivity index (χ3n) is 3.26. The Balaban J connectivity index is 1.92. The molecule has 1 aromatic carbocycles. The van der Waals surface area contributed by atoms with Gasteiger partial charge < -0.3 is 5.32 Å². The van der Waals surface area contributed by atoms with E-state index >= 15 is 0 Å². The maximum Gasteiger partial charge on any atom is 0.228 e. The lowest BCUT2D eigenvalue weighted by Gasteiger charge is -2.10. The first kappa shape index (κ1) is 11.9. The van der Waals surface area contributed by atoms with Gasteiger partial charge in [0.2, 0.25) is 5.95 Å². The first-order valence-electron chi connectivity index (χ1n) is 6.08. The van der Waals surface area contributed by atoms with Crippen molar-refractivity contribution in [1.82, 2.24) is 9.97 Å². The number of anilines is 2. The fourth-order valence-corrected chi connectivity index (χ4v) is 2.52. The van der Waals surface area contributed by atoms with Crippen molar-refractivity contribution < 1.29 is 0 Å². The summed E-state index contributed by atoms with van der Waals surface area (Å²) in [6.45, 7) is 0. The number of nitrogens with zero attached hydrogens (tertiary/aromatic N) is 3. The van der Waals surface area contributed by atoms with Gasteiger partial charge in [0, 0.05) is 5.69 Å². The molecule has 2 aromatic rings. The molecule has 4 nitrogen and oxygen atoms in total. The van der Waals surface area contributed by atoms with Gasteiger partial charge in [0.25, 0.3) is 0 Å². The van der Waals surface area contributed by atoms with Crippen molar-refractivity contribution in [3.8, 4) is 6.07 Å². The first-order chi connectivity index (χ1) is 9.28. The molecule has 0 amide bonds. The molecular weight excluding hydrogens is 260 g/mol. The molecule has 0 bridgehead atoms. The van der Waals surface area contributed by atoms with Crippen LogP contribution in [0.3, 0.4) is 0 Å². The van der Waals surface area contributed by atoms with Gasteiger partial charge in [0.15, 0.2) is 5.15 Å². The topological polar surface area (TPSA) is 61.6 Å². The summed E-state index contributed by atoms with van der Waals surface area (Å²) in [6, 6.07) is 8.14. The van der Waals surface area contributed by atoms with E-state index in [-0.39, 0.29) is 10.7 Å². The molecule has 0 aliphatic heterocycles. The molecule has 0 spiro atoms. The standard InChI is InChI=1S/C14H11ClN4/c15-13-10(7-16)8-17-14(19-13)18-12-6-2-4-9-3-1-5-11(9)12/h2,4,6,8H,1,3,5H2,(H,17,18,19). The van der Waals surface area contributed by atoms with E-state index in [1.165, 1.54) is 23.7 Å². The minimum atomic E-state index is 0.174. The van der Waals surface area contributed by atoms with Crippen LogP contribution in [0.2, 0.25) is 5.15 Å². The average Bonchev–Trinajstić information content (AvgIpc) is 2.88. The summed E-state index contributed by atoms with van der Waals surface area (Å²) < 4.78 is 0. The number of aromatic nitrogens is 2. The van der Waals surface area contributed by atoms with Crippen LogP contribution in [0.15, 0.2) is 24.4 Å². The third kappa shape index (κ3) is 2.25. The van der Waals surface area contributed by atoms with Gasteiger partial charge in [-0.1, -0.05) is 23.7 Å². The largest absolute Gasteiger partial charge is 0.324 e. The second-order valence-corrected chi connectivity index (χ2v) is 4.79. The lowest BCUT2D eigenvalue weighted by Crippen LogP contribution is -2.01. The number of aryl methyl sites for hydroxylation is 1. The molecule has 1 N–H and O–H groups in total. The van der Waals surface area contributed by atoms with Crippen LogP contribution in [0.1, 0.15) is 23.1 Å². The van der Waals surface area contributed by atoms with Crippen molar-refractivity contribution in [3.05, 3.63) is 46.2 Å². The summed E-state index contributed by atoms with van der Waals surface area (Å²) in [5, 5.41) is 12.1. The zero-order valence-electron chi connectivity index (χ0n) is 10.2. The molecule has 5 heteroatoms. The molecule has 3 rings (SSSR count). The van der Waals surface area contributed by atoms with Crippen molar-refractivity contribution >= 4 is 23.2 Å². The fourth-order valence-electron chi connectivity index (χ4n) is 2.35. The number of hydrogen-bond donors (Lipinski definition) is 1. The van der Waals surface area contributed by atoms with E-state index in [2.05, 4.69) is 21.4 Å². The van der Waals surface area contributed by atoms with Crippen molar-refractivity contribution in [2.45, 2.75) is 19.3 Å². The average molecular weight is 271 g/mol. The van der Waals surface area contributed by atoms with Crippen molar-refractivity contribution in [2.24, 2.45) is 0 Å². The predicted molar refractivity (Wildman–Crippen MR) is 73.5 cm³/mol. The van der Waals surface area contributed by atoms with Gasteiger partial charge >= 0.3 is 0 Å². The van der Waals surface area contributed by atoms with Gasteiger partial charge in [-0.05, 0) is 36.5 Å². The Hall–Kier alpha value is -2.12. The highest BCUT2D eigenvalue weighted by molar-refractivity contribution is 6.30. The Morgan fingerprint density at radius 3 is 3.00 bits per heavy atom. The molecule has 94 valence electrons. The Morgan fingerprint density at radius 1 is 1.32 bits per heavy atom. The maximum atomic E-state index is 8.79. The zero-order chi connectivity index (χ0) is 13.2. The van der Waals surface area contributed by atoms with Crippen LogP contribution in [0.4, 0.5) is 11.6 Å². The van der Waals surface area contributed by atoms with E-state index in [9.17, 15) is 0 Å². The molecule has 0 fully saturated rings. The molecule has 0 saturated carbocycles. The molecule has 0 unspecified atom stereocenters. The Bertz CT molecular complexity index is 676. The number of rotatable bonds is 2. The molecule has 0 atom stereocenters. The molecule has 1 aliphatic carbocycles. The van der Waals surface area contributed by atoms with Crippen LogP contribution in [0.25, 0.3) is 0 Å². The summed E-state index contributed by atoms with van der Waals surface area (Å²) in [5.74, 6) is 0.421. The number of halogens is 1. The highest BCUT2D eigenvalue weighted by Crippen LogP contribution is 2.30. The molecule has 0 saturated heterocycles. The second kappa shape index (κ2) is 4.87. The molecule has 1 heterocycles. The SMILES string of the molecule is N#Cc1cnc(Nc2cccc3c2CCC3)nc1Cl. The number of nitriles is 1. The van der Waals surface area contributed by atoms with E-state index in [0.717, 1.165) is 18.5 Å².